The highest BCUT2D eigenvalue weighted by Crippen LogP contribution is 2.27. The van der Waals surface area contributed by atoms with Crippen molar-refractivity contribution in [1.29, 1.82) is 0 Å². The Morgan fingerprint density at radius 3 is 2.48 bits per heavy atom. The van der Waals surface area contributed by atoms with Crippen LogP contribution in [-0.2, 0) is 9.53 Å². The maximum atomic E-state index is 11.9. The molecule has 0 atom stereocenters. The third kappa shape index (κ3) is 5.10. The molecule has 0 bridgehead atoms. The van der Waals surface area contributed by atoms with Crippen LogP contribution in [0.25, 0.3) is 0 Å². The van der Waals surface area contributed by atoms with E-state index >= 15 is 0 Å². The molecule has 0 saturated heterocycles. The van der Waals surface area contributed by atoms with Crippen LogP contribution in [0.2, 0.25) is 10.0 Å². The van der Waals surface area contributed by atoms with Gasteiger partial charge in [-0.1, -0.05) is 37.0 Å². The van der Waals surface area contributed by atoms with Crippen LogP contribution in [0.3, 0.4) is 0 Å². The molecule has 1 amide bonds. The van der Waals surface area contributed by atoms with Gasteiger partial charge in [0, 0.05) is 11.1 Å². The monoisotopic (exact) mass is 332 g/mol. The lowest BCUT2D eigenvalue weighted by Crippen LogP contribution is -2.36. The van der Waals surface area contributed by atoms with Gasteiger partial charge < -0.3 is 15.8 Å². The van der Waals surface area contributed by atoms with Gasteiger partial charge in [0.1, 0.15) is 0 Å². The summed E-state index contributed by atoms with van der Waals surface area (Å²) >= 11 is 11.6. The highest BCUT2D eigenvalue weighted by atomic mass is 35.5. The minimum atomic E-state index is -0.739. The summed E-state index contributed by atoms with van der Waals surface area (Å²) in [7, 11) is 0. The Kier molecular flexibility index (Phi) is 6.78. The number of ether oxygens (including phenoxy) is 1. The summed E-state index contributed by atoms with van der Waals surface area (Å²) in [6.45, 7) is 3.56. The number of amides is 1. The number of nitrogens with one attached hydrogen (secondary N) is 1. The number of rotatable bonds is 6. The molecule has 0 aromatic heterocycles. The van der Waals surface area contributed by atoms with Crippen molar-refractivity contribution >= 4 is 40.8 Å². The molecule has 116 valence electrons. The minimum absolute atomic E-state index is 0.0443. The zero-order valence-corrected chi connectivity index (χ0v) is 13.4. The summed E-state index contributed by atoms with van der Waals surface area (Å²) in [4.78, 5) is 23.6. The fourth-order valence-electron chi connectivity index (χ4n) is 1.72. The maximum absolute atomic E-state index is 11.9. The van der Waals surface area contributed by atoms with Gasteiger partial charge in [0.25, 0.3) is 5.91 Å². The van der Waals surface area contributed by atoms with E-state index in [-0.39, 0.29) is 39.9 Å². The molecule has 1 aromatic rings. The largest absolute Gasteiger partial charge is 0.452 e. The van der Waals surface area contributed by atoms with Crippen LogP contribution in [0.1, 0.15) is 37.0 Å². The SMILES string of the molecule is CCC(CC)NC(=O)COC(=O)c1cc(Cl)cc(Cl)c1N. The summed E-state index contributed by atoms with van der Waals surface area (Å²) in [5, 5.41) is 3.19. The van der Waals surface area contributed by atoms with Gasteiger partial charge >= 0.3 is 5.97 Å². The van der Waals surface area contributed by atoms with E-state index in [9.17, 15) is 9.59 Å². The molecule has 7 heteroatoms. The van der Waals surface area contributed by atoms with Crippen LogP contribution in [0.4, 0.5) is 5.69 Å². The first-order valence-electron chi connectivity index (χ1n) is 6.60. The lowest BCUT2D eigenvalue weighted by molar-refractivity contribution is -0.125. The Morgan fingerprint density at radius 2 is 1.90 bits per heavy atom. The number of benzene rings is 1. The number of nitrogens with two attached hydrogens (primary N) is 1. The van der Waals surface area contributed by atoms with E-state index in [0.29, 0.717) is 0 Å². The third-order valence-electron chi connectivity index (χ3n) is 3.00. The first-order valence-corrected chi connectivity index (χ1v) is 7.35. The number of nitrogen functional groups attached to an aromatic ring is 1. The van der Waals surface area contributed by atoms with E-state index < -0.39 is 5.97 Å². The highest BCUT2D eigenvalue weighted by molar-refractivity contribution is 6.37. The van der Waals surface area contributed by atoms with Crippen LogP contribution in [0, 0.1) is 0 Å². The minimum Gasteiger partial charge on any atom is -0.452 e. The van der Waals surface area contributed by atoms with Gasteiger partial charge in [-0.25, -0.2) is 4.79 Å². The third-order valence-corrected chi connectivity index (χ3v) is 3.53. The van der Waals surface area contributed by atoms with Crippen molar-refractivity contribution in [2.75, 3.05) is 12.3 Å². The smallest absolute Gasteiger partial charge is 0.340 e. The van der Waals surface area contributed by atoms with E-state index in [1.807, 2.05) is 13.8 Å². The summed E-state index contributed by atoms with van der Waals surface area (Å²) in [5.74, 6) is -1.10. The second-order valence-corrected chi connectivity index (χ2v) is 5.35. The van der Waals surface area contributed by atoms with Gasteiger partial charge in [0.05, 0.1) is 16.3 Å². The Labute approximate surface area is 133 Å². The second-order valence-electron chi connectivity index (χ2n) is 4.51. The summed E-state index contributed by atoms with van der Waals surface area (Å²) in [5.41, 5.74) is 5.81. The van der Waals surface area contributed by atoms with Crippen molar-refractivity contribution in [2.24, 2.45) is 0 Å². The van der Waals surface area contributed by atoms with Crippen LogP contribution in [0.5, 0.6) is 0 Å². The van der Waals surface area contributed by atoms with Crippen LogP contribution in [-0.4, -0.2) is 24.5 Å². The Balaban J connectivity index is 2.64. The number of anilines is 1. The molecule has 0 aliphatic rings. The van der Waals surface area contributed by atoms with Crippen LogP contribution < -0.4 is 11.1 Å². The number of carbonyl (C=O) groups excluding carboxylic acids is 2. The van der Waals surface area contributed by atoms with E-state index in [4.69, 9.17) is 33.7 Å². The van der Waals surface area contributed by atoms with Gasteiger partial charge in [0.15, 0.2) is 6.61 Å². The van der Waals surface area contributed by atoms with Gasteiger partial charge in [0.2, 0.25) is 0 Å². The average molecular weight is 333 g/mol. The standard InChI is InChI=1S/C14H18Cl2N2O3/c1-3-9(4-2)18-12(19)7-21-14(20)10-5-8(15)6-11(16)13(10)17/h5-6,9H,3-4,7,17H2,1-2H3,(H,18,19). The Morgan fingerprint density at radius 1 is 1.29 bits per heavy atom. The van der Waals surface area contributed by atoms with Crippen molar-refractivity contribution in [3.05, 3.63) is 27.7 Å². The molecule has 0 saturated carbocycles. The average Bonchev–Trinajstić information content (AvgIpc) is 2.45. The molecule has 1 aromatic carbocycles. The maximum Gasteiger partial charge on any atom is 0.340 e. The van der Waals surface area contributed by atoms with Crippen molar-refractivity contribution in [3.63, 3.8) is 0 Å². The topological polar surface area (TPSA) is 81.4 Å². The van der Waals surface area contributed by atoms with E-state index in [2.05, 4.69) is 5.32 Å². The zero-order valence-electron chi connectivity index (χ0n) is 11.9. The van der Waals surface area contributed by atoms with Crippen molar-refractivity contribution in [3.8, 4) is 0 Å². The molecule has 0 aliphatic carbocycles. The van der Waals surface area contributed by atoms with Crippen molar-refractivity contribution < 1.29 is 14.3 Å². The number of esters is 1. The fourth-order valence-corrected chi connectivity index (χ4v) is 2.22. The number of carbonyl (C=O) groups is 2. The number of hydrogen-bond acceptors (Lipinski definition) is 4. The van der Waals surface area contributed by atoms with E-state index in [0.717, 1.165) is 12.8 Å². The summed E-state index contributed by atoms with van der Waals surface area (Å²) in [6, 6.07) is 2.85. The predicted molar refractivity (Wildman–Crippen MR) is 83.7 cm³/mol. The lowest BCUT2D eigenvalue weighted by Gasteiger charge is -2.15. The number of hydrogen-bond donors (Lipinski definition) is 2. The van der Waals surface area contributed by atoms with E-state index in [1.165, 1.54) is 12.1 Å². The quantitative estimate of drug-likeness (QED) is 0.619. The van der Waals surface area contributed by atoms with Crippen LogP contribution in [0.15, 0.2) is 12.1 Å². The fraction of sp³-hybridized carbons (Fsp3) is 0.429. The molecule has 3 N–H and O–H groups in total. The van der Waals surface area contributed by atoms with Gasteiger partial charge in [-0.15, -0.1) is 0 Å². The molecule has 0 aliphatic heterocycles. The first kappa shape index (κ1) is 17.6. The molecule has 0 radical (unpaired) electrons. The molecule has 0 unspecified atom stereocenters. The molecular weight excluding hydrogens is 315 g/mol. The summed E-state index contributed by atoms with van der Waals surface area (Å²) in [6.07, 6.45) is 1.63. The number of halogens is 2. The molecule has 0 spiro atoms. The lowest BCUT2D eigenvalue weighted by atomic mass is 10.2. The summed E-state index contributed by atoms with van der Waals surface area (Å²) < 4.78 is 4.92. The Bertz CT molecular complexity index is 531. The van der Waals surface area contributed by atoms with Crippen LogP contribution >= 0.6 is 23.2 Å². The Hall–Kier alpha value is -1.46. The normalized spacial score (nSPS) is 10.5. The van der Waals surface area contributed by atoms with E-state index in [1.54, 1.807) is 0 Å². The zero-order chi connectivity index (χ0) is 16.0. The molecule has 0 heterocycles. The van der Waals surface area contributed by atoms with Gasteiger partial charge in [-0.2, -0.15) is 0 Å². The molecular formula is C14H18Cl2N2O3. The van der Waals surface area contributed by atoms with Crippen molar-refractivity contribution in [1.82, 2.24) is 5.32 Å². The highest BCUT2D eigenvalue weighted by Gasteiger charge is 2.17. The molecule has 1 rings (SSSR count). The first-order chi connectivity index (χ1) is 9.88. The molecule has 5 nitrogen and oxygen atoms in total. The molecule has 0 fully saturated rings. The van der Waals surface area contributed by atoms with Gasteiger partial charge in [-0.05, 0) is 25.0 Å². The van der Waals surface area contributed by atoms with Gasteiger partial charge in [-0.3, -0.25) is 4.79 Å². The predicted octanol–water partition coefficient (Wildman–Crippen LogP) is 3.04. The molecule has 21 heavy (non-hydrogen) atoms. The van der Waals surface area contributed by atoms with Crippen molar-refractivity contribution in [2.45, 2.75) is 32.7 Å². The second kappa shape index (κ2) is 8.10.